The maximum Gasteiger partial charge on any atom is 0.127 e. The Bertz CT molecular complexity index is 701. The second-order valence-electron chi connectivity index (χ2n) is 5.66. The first-order valence-corrected chi connectivity index (χ1v) is 7.08. The van der Waals surface area contributed by atoms with Crippen LogP contribution >= 0.6 is 0 Å². The average molecular weight is 264 g/mol. The van der Waals surface area contributed by atoms with Crippen molar-refractivity contribution in [3.05, 3.63) is 59.7 Å². The van der Waals surface area contributed by atoms with Crippen molar-refractivity contribution in [2.45, 2.75) is 24.7 Å². The fourth-order valence-corrected chi connectivity index (χ4v) is 3.60. The first-order valence-electron chi connectivity index (χ1n) is 7.08. The Labute approximate surface area is 118 Å². The van der Waals surface area contributed by atoms with Crippen LogP contribution in [0.15, 0.2) is 48.6 Å². The summed E-state index contributed by atoms with van der Waals surface area (Å²) in [5.74, 6) is 1.15. The number of aromatic hydroxyl groups is 2. The molecular weight excluding hydrogens is 248 g/mol. The minimum Gasteiger partial charge on any atom is -0.508 e. The first kappa shape index (κ1) is 11.6. The highest BCUT2D eigenvalue weighted by Gasteiger charge is 2.34. The van der Waals surface area contributed by atoms with E-state index in [1.165, 1.54) is 0 Å². The normalized spacial score (nSPS) is 22.8. The monoisotopic (exact) mass is 264 g/mol. The SMILES string of the molecule is Oc1cc(-c2ccccc2)c(O)c2c1C1C=CC2CC1. The van der Waals surface area contributed by atoms with Crippen molar-refractivity contribution < 1.29 is 10.2 Å². The largest absolute Gasteiger partial charge is 0.508 e. The molecule has 3 aliphatic carbocycles. The van der Waals surface area contributed by atoms with E-state index in [0.717, 1.165) is 35.1 Å². The predicted octanol–water partition coefficient (Wildman–Crippen LogP) is 4.30. The molecule has 100 valence electrons. The molecule has 2 atom stereocenters. The molecule has 0 fully saturated rings. The molecule has 5 rings (SSSR count). The van der Waals surface area contributed by atoms with E-state index in [2.05, 4.69) is 12.2 Å². The van der Waals surface area contributed by atoms with E-state index < -0.39 is 0 Å². The minimum atomic E-state index is 0.240. The summed E-state index contributed by atoms with van der Waals surface area (Å²) < 4.78 is 0. The molecule has 3 aliphatic rings. The van der Waals surface area contributed by atoms with Crippen LogP contribution < -0.4 is 0 Å². The second kappa shape index (κ2) is 4.14. The van der Waals surface area contributed by atoms with Gasteiger partial charge in [-0.15, -0.1) is 0 Å². The van der Waals surface area contributed by atoms with Gasteiger partial charge < -0.3 is 10.2 Å². The van der Waals surface area contributed by atoms with Crippen LogP contribution in [0.2, 0.25) is 0 Å². The number of phenols is 2. The molecule has 0 saturated heterocycles. The summed E-state index contributed by atoms with van der Waals surface area (Å²) in [6.45, 7) is 0. The second-order valence-corrected chi connectivity index (χ2v) is 5.66. The van der Waals surface area contributed by atoms with Crippen LogP contribution in [-0.4, -0.2) is 10.2 Å². The number of hydrogen-bond donors (Lipinski definition) is 2. The van der Waals surface area contributed by atoms with Gasteiger partial charge in [0.15, 0.2) is 0 Å². The number of hydrogen-bond acceptors (Lipinski definition) is 2. The maximum atomic E-state index is 10.7. The van der Waals surface area contributed by atoms with E-state index in [9.17, 15) is 10.2 Å². The van der Waals surface area contributed by atoms with Crippen molar-refractivity contribution in [1.29, 1.82) is 0 Å². The number of allylic oxidation sites excluding steroid dienone is 2. The maximum absolute atomic E-state index is 10.7. The summed E-state index contributed by atoms with van der Waals surface area (Å²) in [5.41, 5.74) is 3.53. The Morgan fingerprint density at radius 2 is 1.50 bits per heavy atom. The van der Waals surface area contributed by atoms with Gasteiger partial charge in [0.25, 0.3) is 0 Å². The standard InChI is InChI=1S/C18H16O2/c19-15-10-14(11-4-2-1-3-5-11)18(20)17-13-8-6-12(7-9-13)16(15)17/h1-6,8,10,12-13,19-20H,7,9H2. The summed E-state index contributed by atoms with van der Waals surface area (Å²) in [5, 5.41) is 21.1. The summed E-state index contributed by atoms with van der Waals surface area (Å²) in [6.07, 6.45) is 6.45. The van der Waals surface area contributed by atoms with Gasteiger partial charge in [-0.05, 0) is 24.5 Å². The van der Waals surface area contributed by atoms with Crippen molar-refractivity contribution in [1.82, 2.24) is 0 Å². The number of fused-ring (bicyclic) bond motifs is 1. The molecule has 2 heteroatoms. The van der Waals surface area contributed by atoms with Crippen LogP contribution in [0.5, 0.6) is 11.5 Å². The fraction of sp³-hybridized carbons (Fsp3) is 0.222. The third kappa shape index (κ3) is 1.51. The van der Waals surface area contributed by atoms with Crippen LogP contribution in [0.1, 0.15) is 35.8 Å². The topological polar surface area (TPSA) is 40.5 Å². The molecule has 2 N–H and O–H groups in total. The van der Waals surface area contributed by atoms with Crippen LogP contribution in [0, 0.1) is 0 Å². The van der Waals surface area contributed by atoms with Gasteiger partial charge in [0.05, 0.1) is 0 Å². The number of benzene rings is 2. The Hall–Kier alpha value is -2.22. The molecule has 2 nitrogen and oxygen atoms in total. The lowest BCUT2D eigenvalue weighted by molar-refractivity contribution is 0.423. The van der Waals surface area contributed by atoms with Crippen LogP contribution in [-0.2, 0) is 0 Å². The molecule has 0 aliphatic heterocycles. The highest BCUT2D eigenvalue weighted by molar-refractivity contribution is 5.77. The zero-order valence-electron chi connectivity index (χ0n) is 11.1. The van der Waals surface area contributed by atoms with Gasteiger partial charge in [-0.1, -0.05) is 42.5 Å². The Balaban J connectivity index is 1.98. The highest BCUT2D eigenvalue weighted by Crippen LogP contribution is 2.54. The van der Waals surface area contributed by atoms with Gasteiger partial charge >= 0.3 is 0 Å². The Morgan fingerprint density at radius 1 is 0.850 bits per heavy atom. The van der Waals surface area contributed by atoms with Gasteiger partial charge in [0.2, 0.25) is 0 Å². The van der Waals surface area contributed by atoms with Crippen LogP contribution in [0.4, 0.5) is 0 Å². The first-order chi connectivity index (χ1) is 9.75. The van der Waals surface area contributed by atoms with Gasteiger partial charge in [0, 0.05) is 28.5 Å². The number of rotatable bonds is 1. The van der Waals surface area contributed by atoms with E-state index in [1.54, 1.807) is 6.07 Å². The molecule has 0 heterocycles. The molecule has 2 aromatic rings. The quantitative estimate of drug-likeness (QED) is 0.595. The summed E-state index contributed by atoms with van der Waals surface area (Å²) >= 11 is 0. The molecule has 0 saturated carbocycles. The van der Waals surface area contributed by atoms with Crippen LogP contribution in [0.3, 0.4) is 0 Å². The molecule has 2 aromatic carbocycles. The van der Waals surface area contributed by atoms with E-state index in [4.69, 9.17) is 0 Å². The Kier molecular flexibility index (Phi) is 2.40. The van der Waals surface area contributed by atoms with Gasteiger partial charge in [-0.25, -0.2) is 0 Å². The fourth-order valence-electron chi connectivity index (χ4n) is 3.60. The third-order valence-corrected chi connectivity index (χ3v) is 4.55. The smallest absolute Gasteiger partial charge is 0.127 e. The minimum absolute atomic E-state index is 0.240. The van der Waals surface area contributed by atoms with Gasteiger partial charge in [0.1, 0.15) is 11.5 Å². The van der Waals surface area contributed by atoms with Crippen molar-refractivity contribution in [3.63, 3.8) is 0 Å². The van der Waals surface area contributed by atoms with Crippen molar-refractivity contribution in [2.75, 3.05) is 0 Å². The average Bonchev–Trinajstić information content (AvgIpc) is 2.52. The van der Waals surface area contributed by atoms with Gasteiger partial charge in [-0.2, -0.15) is 0 Å². The molecule has 0 radical (unpaired) electrons. The zero-order valence-corrected chi connectivity index (χ0v) is 11.1. The highest BCUT2D eigenvalue weighted by atomic mass is 16.3. The summed E-state index contributed by atoms with van der Waals surface area (Å²) in [7, 11) is 0. The van der Waals surface area contributed by atoms with E-state index in [1.807, 2.05) is 30.3 Å². The molecule has 20 heavy (non-hydrogen) atoms. The lowest BCUT2D eigenvalue weighted by atomic mass is 9.70. The molecule has 0 amide bonds. The van der Waals surface area contributed by atoms with E-state index in [0.29, 0.717) is 11.5 Å². The molecule has 0 spiro atoms. The summed E-state index contributed by atoms with van der Waals surface area (Å²) in [4.78, 5) is 0. The van der Waals surface area contributed by atoms with E-state index in [-0.39, 0.29) is 11.8 Å². The number of phenolic OH excluding ortho intramolecular Hbond substituents is 2. The Morgan fingerprint density at radius 3 is 2.15 bits per heavy atom. The molecule has 0 aromatic heterocycles. The lowest BCUT2D eigenvalue weighted by Gasteiger charge is -2.35. The lowest BCUT2D eigenvalue weighted by Crippen LogP contribution is -2.17. The van der Waals surface area contributed by atoms with E-state index >= 15 is 0 Å². The molecule has 2 unspecified atom stereocenters. The zero-order chi connectivity index (χ0) is 13.7. The van der Waals surface area contributed by atoms with Crippen LogP contribution in [0.25, 0.3) is 11.1 Å². The van der Waals surface area contributed by atoms with Gasteiger partial charge in [-0.3, -0.25) is 0 Å². The van der Waals surface area contributed by atoms with Crippen molar-refractivity contribution in [3.8, 4) is 22.6 Å². The summed E-state index contributed by atoms with van der Waals surface area (Å²) in [6, 6.07) is 11.5. The third-order valence-electron chi connectivity index (χ3n) is 4.55. The van der Waals surface area contributed by atoms with Crippen molar-refractivity contribution >= 4 is 0 Å². The predicted molar refractivity (Wildman–Crippen MR) is 79.1 cm³/mol. The molecular formula is C18H16O2. The van der Waals surface area contributed by atoms with Crippen molar-refractivity contribution in [2.24, 2.45) is 0 Å². The molecule has 2 bridgehead atoms.